The molecular weight excluding hydrogens is 368 g/mol. The summed E-state index contributed by atoms with van der Waals surface area (Å²) in [5, 5.41) is 0. The van der Waals surface area contributed by atoms with Gasteiger partial charge in [0.1, 0.15) is 0 Å². The highest BCUT2D eigenvalue weighted by molar-refractivity contribution is 6.09. The van der Waals surface area contributed by atoms with Crippen molar-refractivity contribution in [3.63, 3.8) is 0 Å². The minimum absolute atomic E-state index is 0.0164. The monoisotopic (exact) mass is 402 g/mol. The van der Waals surface area contributed by atoms with Gasteiger partial charge in [-0.15, -0.1) is 0 Å². The second-order valence-corrected chi connectivity index (χ2v) is 11.8. The summed E-state index contributed by atoms with van der Waals surface area (Å²) in [6, 6.07) is 8.26. The third-order valence-electron chi connectivity index (χ3n) is 10.3. The van der Waals surface area contributed by atoms with Crippen LogP contribution in [0.4, 0.5) is 0 Å². The quantitative estimate of drug-likeness (QED) is 0.529. The molecule has 0 aliphatic heterocycles. The number of rotatable bonds is 2. The molecular formula is C28H34O2. The van der Waals surface area contributed by atoms with E-state index in [0.717, 1.165) is 48.0 Å². The van der Waals surface area contributed by atoms with E-state index < -0.39 is 0 Å². The number of benzene rings is 1. The van der Waals surface area contributed by atoms with Crippen LogP contribution in [-0.4, -0.2) is 11.6 Å². The molecule has 0 amide bonds. The second kappa shape index (κ2) is 5.84. The summed E-state index contributed by atoms with van der Waals surface area (Å²) in [5.74, 6) is 1.32. The van der Waals surface area contributed by atoms with Crippen molar-refractivity contribution in [2.24, 2.45) is 33.5 Å². The van der Waals surface area contributed by atoms with Crippen LogP contribution in [0.15, 0.2) is 35.4 Å². The van der Waals surface area contributed by atoms with Crippen LogP contribution < -0.4 is 0 Å². The van der Waals surface area contributed by atoms with Crippen LogP contribution in [0.1, 0.15) is 78.4 Å². The van der Waals surface area contributed by atoms with Gasteiger partial charge < -0.3 is 0 Å². The molecule has 0 radical (unpaired) electrons. The molecule has 0 saturated heterocycles. The van der Waals surface area contributed by atoms with E-state index in [9.17, 15) is 9.59 Å². The Morgan fingerprint density at radius 3 is 1.37 bits per heavy atom. The van der Waals surface area contributed by atoms with E-state index in [1.807, 2.05) is 12.1 Å². The number of carbonyl (C=O) groups is 2. The Kier molecular flexibility index (Phi) is 3.89. The van der Waals surface area contributed by atoms with E-state index >= 15 is 0 Å². The van der Waals surface area contributed by atoms with Gasteiger partial charge in [-0.3, -0.25) is 9.59 Å². The third kappa shape index (κ3) is 2.16. The van der Waals surface area contributed by atoms with Gasteiger partial charge in [-0.05, 0) is 82.8 Å². The molecule has 158 valence electrons. The highest BCUT2D eigenvalue weighted by atomic mass is 16.1. The lowest BCUT2D eigenvalue weighted by Crippen LogP contribution is -2.32. The Morgan fingerprint density at radius 2 is 1.07 bits per heavy atom. The van der Waals surface area contributed by atoms with Crippen LogP contribution in [0.2, 0.25) is 0 Å². The van der Waals surface area contributed by atoms with Crippen molar-refractivity contribution in [1.82, 2.24) is 0 Å². The molecule has 2 heteroatoms. The van der Waals surface area contributed by atoms with E-state index in [2.05, 4.69) is 65.8 Å². The summed E-state index contributed by atoms with van der Waals surface area (Å²) >= 11 is 0. The van der Waals surface area contributed by atoms with Crippen molar-refractivity contribution in [1.29, 1.82) is 0 Å². The Morgan fingerprint density at radius 1 is 0.700 bits per heavy atom. The number of Topliss-reactive ketones (excluding diaryl/α,β-unsaturated/α-hetero) is 2. The fourth-order valence-electron chi connectivity index (χ4n) is 7.30. The molecule has 4 aliphatic carbocycles. The number of hydrogen-bond acceptors (Lipinski definition) is 2. The first kappa shape index (κ1) is 20.0. The van der Waals surface area contributed by atoms with E-state index in [-0.39, 0.29) is 21.7 Å². The predicted molar refractivity (Wildman–Crippen MR) is 122 cm³/mol. The molecule has 0 heterocycles. The standard InChI is InChI=1S/C28H34O2/c1-25(2)21-11-13-27(25,5)23(29)19(21)15-17-9-7-8-10-18(17)16-20-22-12-14-28(6,24(20)30)26(22,3)4/h7-10,15-16,21-22H,11-14H2,1-6H3. The summed E-state index contributed by atoms with van der Waals surface area (Å²) in [6.07, 6.45) is 8.45. The summed E-state index contributed by atoms with van der Waals surface area (Å²) in [5.41, 5.74) is 3.67. The van der Waals surface area contributed by atoms with Gasteiger partial charge in [0.25, 0.3) is 0 Å². The lowest BCUT2D eigenvalue weighted by Gasteiger charge is -2.31. The lowest BCUT2D eigenvalue weighted by atomic mass is 9.70. The number of fused-ring (bicyclic) bond motifs is 4. The summed E-state index contributed by atoms with van der Waals surface area (Å²) in [7, 11) is 0. The molecule has 4 fully saturated rings. The van der Waals surface area contributed by atoms with Crippen molar-refractivity contribution in [2.45, 2.75) is 67.2 Å². The van der Waals surface area contributed by atoms with Gasteiger partial charge in [-0.25, -0.2) is 0 Å². The van der Waals surface area contributed by atoms with Gasteiger partial charge in [0.2, 0.25) is 0 Å². The minimum Gasteiger partial charge on any atom is -0.294 e. The molecule has 4 unspecified atom stereocenters. The van der Waals surface area contributed by atoms with Crippen molar-refractivity contribution in [3.05, 3.63) is 46.5 Å². The lowest BCUT2D eigenvalue weighted by molar-refractivity contribution is -0.126. The Hall–Kier alpha value is -1.96. The first-order valence-electron chi connectivity index (χ1n) is 11.6. The van der Waals surface area contributed by atoms with Crippen LogP contribution in [0, 0.1) is 33.5 Å². The Labute approximate surface area is 180 Å². The Bertz CT molecular complexity index is 953. The molecule has 30 heavy (non-hydrogen) atoms. The van der Waals surface area contributed by atoms with E-state index in [1.54, 1.807) is 0 Å². The topological polar surface area (TPSA) is 34.1 Å². The molecule has 0 aromatic heterocycles. The molecule has 4 saturated carbocycles. The fraction of sp³-hybridized carbons (Fsp3) is 0.571. The zero-order valence-electron chi connectivity index (χ0n) is 19.3. The first-order valence-corrected chi connectivity index (χ1v) is 11.6. The fourth-order valence-corrected chi connectivity index (χ4v) is 7.30. The van der Waals surface area contributed by atoms with E-state index in [4.69, 9.17) is 0 Å². The molecule has 4 atom stereocenters. The van der Waals surface area contributed by atoms with Crippen LogP contribution >= 0.6 is 0 Å². The van der Waals surface area contributed by atoms with Crippen molar-refractivity contribution < 1.29 is 9.59 Å². The molecule has 4 aliphatic rings. The maximum absolute atomic E-state index is 13.3. The molecule has 1 aromatic rings. The van der Waals surface area contributed by atoms with Crippen LogP contribution in [0.5, 0.6) is 0 Å². The maximum Gasteiger partial charge on any atom is 0.165 e. The average molecular weight is 403 g/mol. The normalized spacial score (nSPS) is 40.9. The molecule has 2 nitrogen and oxygen atoms in total. The minimum atomic E-state index is -0.240. The van der Waals surface area contributed by atoms with E-state index in [0.29, 0.717) is 23.4 Å². The van der Waals surface area contributed by atoms with Gasteiger partial charge in [-0.2, -0.15) is 0 Å². The van der Waals surface area contributed by atoms with Crippen LogP contribution in [0.25, 0.3) is 12.2 Å². The average Bonchev–Trinajstić information content (AvgIpc) is 3.17. The van der Waals surface area contributed by atoms with Crippen molar-refractivity contribution in [3.8, 4) is 0 Å². The molecule has 4 bridgehead atoms. The highest BCUT2D eigenvalue weighted by Gasteiger charge is 2.65. The number of hydrogen-bond donors (Lipinski definition) is 0. The van der Waals surface area contributed by atoms with Gasteiger partial charge in [0.15, 0.2) is 11.6 Å². The number of allylic oxidation sites excluding steroid dienone is 2. The smallest absolute Gasteiger partial charge is 0.165 e. The van der Waals surface area contributed by atoms with Gasteiger partial charge in [0.05, 0.1) is 0 Å². The zero-order valence-corrected chi connectivity index (χ0v) is 19.3. The summed E-state index contributed by atoms with van der Waals surface area (Å²) in [4.78, 5) is 26.6. The molecule has 5 rings (SSSR count). The van der Waals surface area contributed by atoms with Crippen LogP contribution in [-0.2, 0) is 9.59 Å². The van der Waals surface area contributed by atoms with Gasteiger partial charge in [0, 0.05) is 10.8 Å². The van der Waals surface area contributed by atoms with Gasteiger partial charge >= 0.3 is 0 Å². The van der Waals surface area contributed by atoms with E-state index in [1.165, 1.54) is 0 Å². The summed E-state index contributed by atoms with van der Waals surface area (Å²) < 4.78 is 0. The molecule has 0 spiro atoms. The molecule has 1 aromatic carbocycles. The predicted octanol–water partition coefficient (Wildman–Crippen LogP) is 6.50. The molecule has 0 N–H and O–H groups in total. The maximum atomic E-state index is 13.3. The van der Waals surface area contributed by atoms with Crippen molar-refractivity contribution >= 4 is 23.7 Å². The highest BCUT2D eigenvalue weighted by Crippen LogP contribution is 2.67. The second-order valence-electron chi connectivity index (χ2n) is 11.8. The van der Waals surface area contributed by atoms with Crippen LogP contribution in [0.3, 0.4) is 0 Å². The third-order valence-corrected chi connectivity index (χ3v) is 10.3. The van der Waals surface area contributed by atoms with Gasteiger partial charge in [-0.1, -0.05) is 65.8 Å². The first-order chi connectivity index (χ1) is 13.9. The zero-order chi connectivity index (χ0) is 21.7. The summed E-state index contributed by atoms with van der Waals surface area (Å²) in [6.45, 7) is 13.3. The Balaban J connectivity index is 1.58. The number of carbonyl (C=O) groups excluding carboxylic acids is 2. The SMILES string of the molecule is CC12CCC(C(=Cc3ccccc3C=C3C(=O)C4(C)CCC3C4(C)C)C1=O)C2(C)C. The largest absolute Gasteiger partial charge is 0.294 e. The number of ketones is 2. The van der Waals surface area contributed by atoms with Crippen molar-refractivity contribution in [2.75, 3.05) is 0 Å².